The van der Waals surface area contributed by atoms with E-state index >= 15 is 0 Å². The van der Waals surface area contributed by atoms with Crippen LogP contribution in [-0.4, -0.2) is 57.6 Å². The van der Waals surface area contributed by atoms with E-state index in [-0.39, 0.29) is 24.1 Å². The maximum atomic E-state index is 13.0. The smallest absolute Gasteiger partial charge is 0.257 e. The summed E-state index contributed by atoms with van der Waals surface area (Å²) in [7, 11) is 0. The average Bonchev–Trinajstić information content (AvgIpc) is 3.13. The predicted molar refractivity (Wildman–Crippen MR) is 97.8 cm³/mol. The highest BCUT2D eigenvalue weighted by Crippen LogP contribution is 2.20. The van der Waals surface area contributed by atoms with E-state index in [1.807, 2.05) is 9.58 Å². The Morgan fingerprint density at radius 1 is 0.963 bits per heavy atom. The lowest BCUT2D eigenvalue weighted by atomic mass is 10.1. The number of hydrogen-bond acceptors (Lipinski definition) is 3. The first-order chi connectivity index (χ1) is 13.1. The molecule has 3 heterocycles. The summed E-state index contributed by atoms with van der Waals surface area (Å²) in [5.74, 6) is -0.277. The van der Waals surface area contributed by atoms with Crippen molar-refractivity contribution in [2.24, 2.45) is 0 Å². The Hall–Kier alpha value is -2.70. The zero-order valence-corrected chi connectivity index (χ0v) is 15.2. The standard InChI is InChI=1S/C20H23FN4O2/c21-16-6-4-15(5-7-16)13-19(26)23-9-11-24(12-10-23)20(27)17-14-22-25-8-2-1-3-18(17)25/h4-7,14H,1-3,8-13H2. The Bertz CT molecular complexity index is 838. The molecule has 0 saturated carbocycles. The SMILES string of the molecule is O=C(Cc1ccc(F)cc1)N1CCN(C(=O)c2cnn3c2CCCC3)CC1. The first-order valence-corrected chi connectivity index (χ1v) is 9.48. The second-order valence-electron chi connectivity index (χ2n) is 7.16. The molecule has 2 amide bonds. The lowest BCUT2D eigenvalue weighted by Crippen LogP contribution is -2.51. The van der Waals surface area contributed by atoms with Crippen LogP contribution in [0.4, 0.5) is 4.39 Å². The quantitative estimate of drug-likeness (QED) is 0.829. The van der Waals surface area contributed by atoms with E-state index in [1.165, 1.54) is 12.1 Å². The number of nitrogens with zero attached hydrogens (tertiary/aromatic N) is 4. The monoisotopic (exact) mass is 370 g/mol. The minimum atomic E-state index is -0.305. The van der Waals surface area contributed by atoms with Crippen LogP contribution in [-0.2, 0) is 24.2 Å². The molecule has 0 bridgehead atoms. The van der Waals surface area contributed by atoms with Gasteiger partial charge < -0.3 is 9.80 Å². The Balaban J connectivity index is 1.34. The molecule has 0 unspecified atom stereocenters. The van der Waals surface area contributed by atoms with Crippen molar-refractivity contribution in [2.45, 2.75) is 32.2 Å². The van der Waals surface area contributed by atoms with Crippen LogP contribution in [0.3, 0.4) is 0 Å². The van der Waals surface area contributed by atoms with Crippen molar-refractivity contribution in [1.82, 2.24) is 19.6 Å². The fourth-order valence-electron chi connectivity index (χ4n) is 3.82. The Labute approximate surface area is 157 Å². The van der Waals surface area contributed by atoms with Crippen molar-refractivity contribution >= 4 is 11.8 Å². The number of rotatable bonds is 3. The van der Waals surface area contributed by atoms with E-state index in [0.29, 0.717) is 31.7 Å². The van der Waals surface area contributed by atoms with E-state index in [2.05, 4.69) is 5.10 Å². The molecule has 0 radical (unpaired) electrons. The van der Waals surface area contributed by atoms with Crippen LogP contribution in [0.1, 0.15) is 34.5 Å². The van der Waals surface area contributed by atoms with Crippen LogP contribution in [0, 0.1) is 5.82 Å². The molecule has 2 aliphatic rings. The van der Waals surface area contributed by atoms with Crippen LogP contribution in [0.5, 0.6) is 0 Å². The van der Waals surface area contributed by atoms with Crippen molar-refractivity contribution in [3.63, 3.8) is 0 Å². The highest BCUT2D eigenvalue weighted by atomic mass is 19.1. The normalized spacial score (nSPS) is 16.9. The molecule has 2 aliphatic heterocycles. The minimum Gasteiger partial charge on any atom is -0.339 e. The molecule has 1 aromatic heterocycles. The summed E-state index contributed by atoms with van der Waals surface area (Å²) in [6, 6.07) is 6.00. The number of hydrogen-bond donors (Lipinski definition) is 0. The molecule has 0 N–H and O–H groups in total. The second kappa shape index (κ2) is 7.50. The Morgan fingerprint density at radius 2 is 1.67 bits per heavy atom. The lowest BCUT2D eigenvalue weighted by Gasteiger charge is -2.35. The third-order valence-electron chi connectivity index (χ3n) is 5.40. The van der Waals surface area contributed by atoms with Gasteiger partial charge in [-0.25, -0.2) is 4.39 Å². The fraction of sp³-hybridized carbons (Fsp3) is 0.450. The summed E-state index contributed by atoms with van der Waals surface area (Å²) in [6.07, 6.45) is 5.05. The molecule has 142 valence electrons. The average molecular weight is 370 g/mol. The molecular formula is C20H23FN4O2. The van der Waals surface area contributed by atoms with Gasteiger partial charge in [-0.05, 0) is 37.0 Å². The van der Waals surface area contributed by atoms with Gasteiger partial charge in [0.2, 0.25) is 5.91 Å². The van der Waals surface area contributed by atoms with Gasteiger partial charge in [0, 0.05) is 32.7 Å². The molecule has 27 heavy (non-hydrogen) atoms. The van der Waals surface area contributed by atoms with Crippen LogP contribution in [0.15, 0.2) is 30.5 Å². The van der Waals surface area contributed by atoms with Gasteiger partial charge in [0.15, 0.2) is 0 Å². The number of aryl methyl sites for hydroxylation is 1. The van der Waals surface area contributed by atoms with Gasteiger partial charge in [-0.15, -0.1) is 0 Å². The Morgan fingerprint density at radius 3 is 2.41 bits per heavy atom. The molecular weight excluding hydrogens is 347 g/mol. The first-order valence-electron chi connectivity index (χ1n) is 9.48. The van der Waals surface area contributed by atoms with Gasteiger partial charge in [0.05, 0.1) is 23.9 Å². The summed E-state index contributed by atoms with van der Waals surface area (Å²) in [4.78, 5) is 28.9. The molecule has 1 aromatic carbocycles. The topological polar surface area (TPSA) is 58.4 Å². The lowest BCUT2D eigenvalue weighted by molar-refractivity contribution is -0.131. The van der Waals surface area contributed by atoms with Gasteiger partial charge in [-0.2, -0.15) is 5.10 Å². The molecule has 0 spiro atoms. The molecule has 0 aliphatic carbocycles. The van der Waals surface area contributed by atoms with Gasteiger partial charge in [0.25, 0.3) is 5.91 Å². The highest BCUT2D eigenvalue weighted by molar-refractivity contribution is 5.95. The zero-order valence-electron chi connectivity index (χ0n) is 15.2. The first kappa shape index (κ1) is 17.7. The molecule has 6 nitrogen and oxygen atoms in total. The molecule has 4 rings (SSSR count). The fourth-order valence-corrected chi connectivity index (χ4v) is 3.82. The van der Waals surface area contributed by atoms with E-state index in [0.717, 1.165) is 37.1 Å². The number of piperazine rings is 1. The van der Waals surface area contributed by atoms with Gasteiger partial charge in [-0.3, -0.25) is 14.3 Å². The molecule has 1 fully saturated rings. The Kier molecular flexibility index (Phi) is 4.92. The van der Waals surface area contributed by atoms with Crippen LogP contribution >= 0.6 is 0 Å². The van der Waals surface area contributed by atoms with Crippen LogP contribution < -0.4 is 0 Å². The van der Waals surface area contributed by atoms with Crippen LogP contribution in [0.25, 0.3) is 0 Å². The van der Waals surface area contributed by atoms with Crippen molar-refractivity contribution in [3.8, 4) is 0 Å². The summed E-state index contributed by atoms with van der Waals surface area (Å²) in [5, 5.41) is 4.35. The van der Waals surface area contributed by atoms with Crippen LogP contribution in [0.2, 0.25) is 0 Å². The summed E-state index contributed by atoms with van der Waals surface area (Å²) in [5.41, 5.74) is 2.55. The number of amides is 2. The van der Waals surface area contributed by atoms with Gasteiger partial charge >= 0.3 is 0 Å². The molecule has 2 aromatic rings. The molecule has 0 atom stereocenters. The number of halogens is 1. The highest BCUT2D eigenvalue weighted by Gasteiger charge is 2.28. The van der Waals surface area contributed by atoms with Crippen molar-refractivity contribution in [2.75, 3.05) is 26.2 Å². The number of carbonyl (C=O) groups is 2. The van der Waals surface area contributed by atoms with Gasteiger partial charge in [0.1, 0.15) is 5.82 Å². The predicted octanol–water partition coefficient (Wildman–Crippen LogP) is 1.89. The van der Waals surface area contributed by atoms with E-state index in [1.54, 1.807) is 23.2 Å². The summed E-state index contributed by atoms with van der Waals surface area (Å²) >= 11 is 0. The number of carbonyl (C=O) groups excluding carboxylic acids is 2. The summed E-state index contributed by atoms with van der Waals surface area (Å²) < 4.78 is 14.9. The second-order valence-corrected chi connectivity index (χ2v) is 7.16. The van der Waals surface area contributed by atoms with Crippen molar-refractivity contribution < 1.29 is 14.0 Å². The van der Waals surface area contributed by atoms with E-state index in [9.17, 15) is 14.0 Å². The van der Waals surface area contributed by atoms with Crippen molar-refractivity contribution in [1.29, 1.82) is 0 Å². The van der Waals surface area contributed by atoms with E-state index in [4.69, 9.17) is 0 Å². The van der Waals surface area contributed by atoms with Crippen molar-refractivity contribution in [3.05, 3.63) is 53.1 Å². The third kappa shape index (κ3) is 3.72. The summed E-state index contributed by atoms with van der Waals surface area (Å²) in [6.45, 7) is 2.98. The molecule has 1 saturated heterocycles. The third-order valence-corrected chi connectivity index (χ3v) is 5.40. The number of aromatic nitrogens is 2. The maximum Gasteiger partial charge on any atom is 0.257 e. The van der Waals surface area contributed by atoms with E-state index < -0.39 is 0 Å². The minimum absolute atomic E-state index is 0.0108. The maximum absolute atomic E-state index is 13.0. The molecule has 7 heteroatoms. The zero-order chi connectivity index (χ0) is 18.8. The number of benzene rings is 1. The number of fused-ring (bicyclic) bond motifs is 1. The largest absolute Gasteiger partial charge is 0.339 e. The van der Waals surface area contributed by atoms with Gasteiger partial charge in [-0.1, -0.05) is 12.1 Å².